The van der Waals surface area contributed by atoms with Crippen molar-refractivity contribution in [1.29, 1.82) is 0 Å². The molecule has 5 nitrogen and oxygen atoms in total. The quantitative estimate of drug-likeness (QED) is 0.422. The van der Waals surface area contributed by atoms with Crippen molar-refractivity contribution in [2.45, 2.75) is 12.8 Å². The number of hydrogen-bond acceptors (Lipinski definition) is 3. The summed E-state index contributed by atoms with van der Waals surface area (Å²) in [7, 11) is 0. The Labute approximate surface area is 179 Å². The summed E-state index contributed by atoms with van der Waals surface area (Å²) in [4.78, 5) is 39.0. The van der Waals surface area contributed by atoms with E-state index in [1.54, 1.807) is 48.5 Å². The van der Waals surface area contributed by atoms with E-state index >= 15 is 0 Å². The predicted octanol–water partition coefficient (Wildman–Crippen LogP) is 4.91. The minimum absolute atomic E-state index is 0.0771. The fourth-order valence-corrected chi connectivity index (χ4v) is 3.74. The second kappa shape index (κ2) is 8.51. The molecule has 1 heterocycles. The molecular weight excluding hydrogens is 400 g/mol. The Morgan fingerprint density at radius 3 is 1.80 bits per heavy atom. The molecule has 30 heavy (non-hydrogen) atoms. The fourth-order valence-electron chi connectivity index (χ4n) is 3.55. The smallest absolute Gasteiger partial charge is 0.258 e. The lowest BCUT2D eigenvalue weighted by atomic mass is 9.98. The first kappa shape index (κ1) is 19.9. The van der Waals surface area contributed by atoms with E-state index in [2.05, 4.69) is 0 Å². The lowest BCUT2D eigenvalue weighted by Gasteiger charge is -2.27. The second-order valence-corrected chi connectivity index (χ2v) is 7.43. The molecule has 0 aliphatic carbocycles. The van der Waals surface area contributed by atoms with Crippen LogP contribution in [0, 0.1) is 5.92 Å². The van der Waals surface area contributed by atoms with Crippen LogP contribution in [0.2, 0.25) is 5.02 Å². The maximum absolute atomic E-state index is 13.2. The summed E-state index contributed by atoms with van der Waals surface area (Å²) in [5.41, 5.74) is 1.67. The summed E-state index contributed by atoms with van der Waals surface area (Å²) in [5.74, 6) is -1.75. The minimum atomic E-state index is -0.923. The van der Waals surface area contributed by atoms with E-state index in [1.165, 1.54) is 10.0 Å². The molecule has 1 saturated heterocycles. The van der Waals surface area contributed by atoms with Crippen molar-refractivity contribution >= 4 is 40.6 Å². The van der Waals surface area contributed by atoms with Gasteiger partial charge >= 0.3 is 0 Å². The number of carbonyl (C=O) groups is 3. The van der Waals surface area contributed by atoms with Crippen LogP contribution in [0.1, 0.15) is 23.2 Å². The first-order chi connectivity index (χ1) is 14.6. The monoisotopic (exact) mass is 418 g/mol. The second-order valence-electron chi connectivity index (χ2n) is 7.00. The summed E-state index contributed by atoms with van der Waals surface area (Å²) in [6.07, 6.45) is 0.212. The number of hydrogen-bond donors (Lipinski definition) is 0. The van der Waals surface area contributed by atoms with Gasteiger partial charge in [0.1, 0.15) is 5.92 Å². The van der Waals surface area contributed by atoms with Crippen LogP contribution in [0.15, 0.2) is 84.9 Å². The average molecular weight is 419 g/mol. The van der Waals surface area contributed by atoms with Crippen LogP contribution in [0.5, 0.6) is 0 Å². The van der Waals surface area contributed by atoms with Crippen molar-refractivity contribution in [2.24, 2.45) is 5.92 Å². The summed E-state index contributed by atoms with van der Waals surface area (Å²) in [5, 5.41) is 3.26. The van der Waals surface area contributed by atoms with Crippen LogP contribution >= 0.6 is 11.6 Å². The Balaban J connectivity index is 1.60. The van der Waals surface area contributed by atoms with Gasteiger partial charge in [0.25, 0.3) is 11.8 Å². The molecule has 1 aliphatic heterocycles. The zero-order valence-electron chi connectivity index (χ0n) is 16.1. The van der Waals surface area contributed by atoms with Gasteiger partial charge in [0.15, 0.2) is 5.78 Å². The number of hydrazine groups is 1. The summed E-state index contributed by atoms with van der Waals surface area (Å²) < 4.78 is 0. The van der Waals surface area contributed by atoms with Crippen molar-refractivity contribution in [3.63, 3.8) is 0 Å². The Kier molecular flexibility index (Phi) is 5.63. The fraction of sp³-hybridized carbons (Fsp3) is 0.125. The number of Topliss-reactive ketones (excluding diaryl/α,β-unsaturated/α-hetero) is 1. The molecule has 0 bridgehead atoms. The van der Waals surface area contributed by atoms with Gasteiger partial charge in [-0.2, -0.15) is 0 Å². The van der Waals surface area contributed by atoms with E-state index in [0.717, 1.165) is 0 Å². The summed E-state index contributed by atoms with van der Waals surface area (Å²) in [6, 6.07) is 24.7. The molecule has 1 fully saturated rings. The molecule has 0 unspecified atom stereocenters. The number of nitrogens with zero attached hydrogens (tertiary/aromatic N) is 2. The number of rotatable bonds is 6. The largest absolute Gasteiger partial charge is 0.294 e. The topological polar surface area (TPSA) is 57.7 Å². The van der Waals surface area contributed by atoms with E-state index in [-0.39, 0.29) is 30.4 Å². The molecule has 1 aliphatic rings. The third-order valence-electron chi connectivity index (χ3n) is 5.02. The molecule has 3 aromatic rings. The molecule has 6 heteroatoms. The van der Waals surface area contributed by atoms with Crippen molar-refractivity contribution in [2.75, 3.05) is 10.0 Å². The lowest BCUT2D eigenvalue weighted by Crippen LogP contribution is -2.41. The molecule has 0 atom stereocenters. The summed E-state index contributed by atoms with van der Waals surface area (Å²) >= 11 is 5.96. The highest BCUT2D eigenvalue weighted by Gasteiger charge is 2.46. The van der Waals surface area contributed by atoms with Gasteiger partial charge in [-0.05, 0) is 42.8 Å². The van der Waals surface area contributed by atoms with Gasteiger partial charge in [0.05, 0.1) is 11.4 Å². The number of carbonyl (C=O) groups excluding carboxylic acids is 3. The van der Waals surface area contributed by atoms with Crippen LogP contribution in [0.3, 0.4) is 0 Å². The average Bonchev–Trinajstić information content (AvgIpc) is 3.03. The molecular formula is C24H19ClN2O3. The molecule has 0 N–H and O–H groups in total. The number of halogens is 1. The molecule has 0 spiro atoms. The Morgan fingerprint density at radius 2 is 1.30 bits per heavy atom. The van der Waals surface area contributed by atoms with Gasteiger partial charge in [-0.15, -0.1) is 0 Å². The first-order valence-corrected chi connectivity index (χ1v) is 10.0. The van der Waals surface area contributed by atoms with E-state index in [4.69, 9.17) is 11.6 Å². The minimum Gasteiger partial charge on any atom is -0.294 e. The van der Waals surface area contributed by atoms with Gasteiger partial charge in [-0.3, -0.25) is 14.4 Å². The molecule has 0 saturated carbocycles. The number of para-hydroxylation sites is 2. The van der Waals surface area contributed by atoms with Crippen LogP contribution in [0.25, 0.3) is 0 Å². The number of anilines is 2. The van der Waals surface area contributed by atoms with Crippen molar-refractivity contribution in [1.82, 2.24) is 0 Å². The molecule has 0 aromatic heterocycles. The Morgan fingerprint density at radius 1 is 0.767 bits per heavy atom. The standard InChI is InChI=1S/C24H19ClN2O3/c25-18-9-7-8-17(16-18)22(28)15-14-21-23(29)26(19-10-3-1-4-11-19)27(24(21)30)20-12-5-2-6-13-20/h1-13,16,21H,14-15H2. The molecule has 2 amide bonds. The van der Waals surface area contributed by atoms with Crippen LogP contribution in [0.4, 0.5) is 11.4 Å². The zero-order chi connectivity index (χ0) is 21.1. The van der Waals surface area contributed by atoms with Gasteiger partial charge < -0.3 is 0 Å². The number of ketones is 1. The number of amides is 2. The Bertz CT molecular complexity index is 1030. The molecule has 0 radical (unpaired) electrons. The highest BCUT2D eigenvalue weighted by Crippen LogP contribution is 2.33. The Hall–Kier alpha value is -3.44. The molecule has 150 valence electrons. The van der Waals surface area contributed by atoms with Crippen LogP contribution in [-0.4, -0.2) is 17.6 Å². The molecule has 3 aromatic carbocycles. The first-order valence-electron chi connectivity index (χ1n) is 9.63. The van der Waals surface area contributed by atoms with E-state index in [0.29, 0.717) is 22.0 Å². The zero-order valence-corrected chi connectivity index (χ0v) is 16.8. The predicted molar refractivity (Wildman–Crippen MR) is 116 cm³/mol. The van der Waals surface area contributed by atoms with E-state index in [9.17, 15) is 14.4 Å². The lowest BCUT2D eigenvalue weighted by molar-refractivity contribution is -0.127. The van der Waals surface area contributed by atoms with Crippen molar-refractivity contribution < 1.29 is 14.4 Å². The van der Waals surface area contributed by atoms with E-state index in [1.807, 2.05) is 36.4 Å². The van der Waals surface area contributed by atoms with Crippen molar-refractivity contribution in [3.8, 4) is 0 Å². The highest BCUT2D eigenvalue weighted by atomic mass is 35.5. The van der Waals surface area contributed by atoms with Gasteiger partial charge in [0, 0.05) is 17.0 Å². The van der Waals surface area contributed by atoms with Gasteiger partial charge in [-0.25, -0.2) is 10.0 Å². The molecule has 4 rings (SSSR count). The van der Waals surface area contributed by atoms with Crippen LogP contribution in [-0.2, 0) is 9.59 Å². The maximum Gasteiger partial charge on any atom is 0.258 e. The maximum atomic E-state index is 13.2. The van der Waals surface area contributed by atoms with Crippen molar-refractivity contribution in [3.05, 3.63) is 95.5 Å². The number of benzene rings is 3. The third kappa shape index (κ3) is 3.84. The van der Waals surface area contributed by atoms with Gasteiger partial charge in [0.2, 0.25) is 0 Å². The SMILES string of the molecule is O=C(CCC1C(=O)N(c2ccccc2)N(c2ccccc2)C1=O)c1cccc(Cl)c1. The van der Waals surface area contributed by atoms with E-state index < -0.39 is 5.92 Å². The summed E-state index contributed by atoms with van der Waals surface area (Å²) in [6.45, 7) is 0. The van der Waals surface area contributed by atoms with Crippen LogP contribution < -0.4 is 10.0 Å². The normalized spacial score (nSPS) is 14.4. The third-order valence-corrected chi connectivity index (χ3v) is 5.26. The highest BCUT2D eigenvalue weighted by molar-refractivity contribution is 6.31. The van der Waals surface area contributed by atoms with Gasteiger partial charge in [-0.1, -0.05) is 60.1 Å².